The lowest BCUT2D eigenvalue weighted by molar-refractivity contribution is 0.0992. The van der Waals surface area contributed by atoms with Crippen LogP contribution in [0, 0.1) is 11.8 Å². The third-order valence-corrected chi connectivity index (χ3v) is 4.51. The van der Waals surface area contributed by atoms with Crippen LogP contribution in [-0.4, -0.2) is 20.3 Å². The van der Waals surface area contributed by atoms with E-state index in [1.165, 1.54) is 25.7 Å². The van der Waals surface area contributed by atoms with Crippen LogP contribution in [0.2, 0.25) is 0 Å². The molecule has 4 heteroatoms. The van der Waals surface area contributed by atoms with E-state index < -0.39 is 15.7 Å². The van der Waals surface area contributed by atoms with Crippen LogP contribution in [0.3, 0.4) is 0 Å². The van der Waals surface area contributed by atoms with Gasteiger partial charge >= 0.3 is 0 Å². The van der Waals surface area contributed by atoms with E-state index in [9.17, 15) is 8.42 Å². The zero-order valence-electron chi connectivity index (χ0n) is 9.53. The van der Waals surface area contributed by atoms with Crippen LogP contribution < -0.4 is 0 Å². The average molecular weight is 232 g/mol. The van der Waals surface area contributed by atoms with Gasteiger partial charge in [-0.05, 0) is 31.6 Å². The van der Waals surface area contributed by atoms with Crippen molar-refractivity contribution in [2.24, 2.45) is 11.8 Å². The van der Waals surface area contributed by atoms with Gasteiger partial charge in [0.25, 0.3) is 10.1 Å². The molecule has 3 nitrogen and oxygen atoms in total. The van der Waals surface area contributed by atoms with E-state index in [0.29, 0.717) is 11.8 Å². The smallest absolute Gasteiger partial charge is 0.264 e. The van der Waals surface area contributed by atoms with Crippen molar-refractivity contribution in [3.8, 4) is 0 Å². The third-order valence-electron chi connectivity index (χ3n) is 3.81. The summed E-state index contributed by atoms with van der Waals surface area (Å²) in [6.07, 6.45) is 8.11. The summed E-state index contributed by atoms with van der Waals surface area (Å²) in [5.41, 5.74) is -0.423. The zero-order chi connectivity index (χ0) is 11.1. The molecule has 0 aromatic heterocycles. The second-order valence-corrected chi connectivity index (χ2v) is 7.03. The van der Waals surface area contributed by atoms with Gasteiger partial charge in [0.2, 0.25) is 0 Å². The summed E-state index contributed by atoms with van der Waals surface area (Å²) in [5.74, 6) is 1.40. The summed E-state index contributed by atoms with van der Waals surface area (Å²) in [7, 11) is -3.31. The van der Waals surface area contributed by atoms with E-state index in [2.05, 4.69) is 0 Å². The molecule has 88 valence electrons. The molecule has 0 spiro atoms. The van der Waals surface area contributed by atoms with Crippen LogP contribution in [-0.2, 0) is 14.3 Å². The molecule has 0 saturated heterocycles. The first kappa shape index (κ1) is 11.4. The predicted molar refractivity (Wildman–Crippen MR) is 59.0 cm³/mol. The van der Waals surface area contributed by atoms with Gasteiger partial charge in [0.05, 0.1) is 11.9 Å². The van der Waals surface area contributed by atoms with Crippen LogP contribution in [0.4, 0.5) is 0 Å². The minimum atomic E-state index is -3.31. The van der Waals surface area contributed by atoms with Gasteiger partial charge in [-0.1, -0.05) is 25.7 Å². The zero-order valence-corrected chi connectivity index (χ0v) is 10.3. The summed E-state index contributed by atoms with van der Waals surface area (Å²) >= 11 is 0. The highest BCUT2D eigenvalue weighted by molar-refractivity contribution is 7.86. The molecule has 0 aromatic rings. The molecule has 0 aliphatic heterocycles. The van der Waals surface area contributed by atoms with E-state index in [0.717, 1.165) is 19.1 Å². The van der Waals surface area contributed by atoms with Crippen molar-refractivity contribution in [2.75, 3.05) is 6.26 Å². The van der Waals surface area contributed by atoms with E-state index in [-0.39, 0.29) is 0 Å². The largest absolute Gasteiger partial charge is 0.264 e. The van der Waals surface area contributed by atoms with Gasteiger partial charge in [-0.2, -0.15) is 8.42 Å². The fraction of sp³-hybridized carbons (Fsp3) is 1.00. The summed E-state index contributed by atoms with van der Waals surface area (Å²) in [5, 5.41) is 0. The lowest BCUT2D eigenvalue weighted by atomic mass is 9.82. The highest BCUT2D eigenvalue weighted by atomic mass is 32.2. The van der Waals surface area contributed by atoms with Crippen molar-refractivity contribution in [2.45, 2.75) is 51.0 Å². The van der Waals surface area contributed by atoms with Crippen LogP contribution in [0.1, 0.15) is 45.4 Å². The summed E-state index contributed by atoms with van der Waals surface area (Å²) in [4.78, 5) is 0. The summed E-state index contributed by atoms with van der Waals surface area (Å²) in [6, 6.07) is 0. The molecule has 0 N–H and O–H groups in total. The maximum Gasteiger partial charge on any atom is 0.264 e. The first-order chi connectivity index (χ1) is 6.88. The molecule has 0 amide bonds. The second kappa shape index (κ2) is 3.74. The molecule has 2 aliphatic rings. The molecular weight excluding hydrogens is 212 g/mol. The fourth-order valence-electron chi connectivity index (χ4n) is 3.45. The minimum Gasteiger partial charge on any atom is -0.264 e. The molecule has 2 saturated carbocycles. The molecule has 2 unspecified atom stereocenters. The van der Waals surface area contributed by atoms with Gasteiger partial charge in [0.1, 0.15) is 0 Å². The van der Waals surface area contributed by atoms with Crippen molar-refractivity contribution in [1.29, 1.82) is 0 Å². The summed E-state index contributed by atoms with van der Waals surface area (Å²) in [6.45, 7) is 1.95. The highest BCUT2D eigenvalue weighted by Gasteiger charge is 2.45. The molecule has 0 heterocycles. The molecule has 2 fully saturated rings. The van der Waals surface area contributed by atoms with Gasteiger partial charge in [-0.25, -0.2) is 0 Å². The van der Waals surface area contributed by atoms with Crippen LogP contribution in [0.15, 0.2) is 0 Å². The van der Waals surface area contributed by atoms with Crippen molar-refractivity contribution in [1.82, 2.24) is 0 Å². The Morgan fingerprint density at radius 3 is 2.00 bits per heavy atom. The van der Waals surface area contributed by atoms with Crippen molar-refractivity contribution in [3.63, 3.8) is 0 Å². The fourth-order valence-corrected chi connectivity index (χ4v) is 4.31. The Bertz CT molecular complexity index is 320. The van der Waals surface area contributed by atoms with E-state index in [4.69, 9.17) is 4.18 Å². The Balaban J connectivity index is 2.06. The Hall–Kier alpha value is -0.0900. The Labute approximate surface area is 92.3 Å². The molecule has 0 bridgehead atoms. The normalized spacial score (nSPS) is 41.5. The maximum absolute atomic E-state index is 11.2. The van der Waals surface area contributed by atoms with E-state index >= 15 is 0 Å². The van der Waals surface area contributed by atoms with Gasteiger partial charge in [0, 0.05) is 0 Å². The molecule has 0 aromatic carbocycles. The SMILES string of the molecule is CC1(OS(C)(=O)=O)CC2CCCCC2C1. The predicted octanol–water partition coefficient (Wildman–Crippen LogP) is 2.32. The number of hydrogen-bond acceptors (Lipinski definition) is 3. The van der Waals surface area contributed by atoms with Gasteiger partial charge in [-0.15, -0.1) is 0 Å². The van der Waals surface area contributed by atoms with Gasteiger partial charge < -0.3 is 0 Å². The molecule has 2 aliphatic carbocycles. The van der Waals surface area contributed by atoms with Crippen molar-refractivity contribution < 1.29 is 12.6 Å². The van der Waals surface area contributed by atoms with Gasteiger partial charge in [-0.3, -0.25) is 4.18 Å². The Morgan fingerprint density at radius 2 is 1.60 bits per heavy atom. The Morgan fingerprint density at radius 1 is 1.13 bits per heavy atom. The van der Waals surface area contributed by atoms with E-state index in [1.54, 1.807) is 0 Å². The van der Waals surface area contributed by atoms with Crippen molar-refractivity contribution in [3.05, 3.63) is 0 Å². The second-order valence-electron chi connectivity index (χ2n) is 5.45. The van der Waals surface area contributed by atoms with Crippen LogP contribution in [0.25, 0.3) is 0 Å². The first-order valence-electron chi connectivity index (χ1n) is 5.79. The molecule has 2 rings (SSSR count). The van der Waals surface area contributed by atoms with Crippen LogP contribution in [0.5, 0.6) is 0 Å². The third kappa shape index (κ3) is 2.72. The monoisotopic (exact) mass is 232 g/mol. The standard InChI is InChI=1S/C11H20O3S/c1-11(14-15(2,12)13)7-9-5-3-4-6-10(9)8-11/h9-10H,3-8H2,1-2H3. The van der Waals surface area contributed by atoms with Crippen LogP contribution >= 0.6 is 0 Å². The number of rotatable bonds is 2. The molecular formula is C11H20O3S. The van der Waals surface area contributed by atoms with Gasteiger partial charge in [0.15, 0.2) is 0 Å². The summed E-state index contributed by atoms with van der Waals surface area (Å²) < 4.78 is 27.6. The highest BCUT2D eigenvalue weighted by Crippen LogP contribution is 2.48. The molecule has 15 heavy (non-hydrogen) atoms. The molecule has 2 atom stereocenters. The van der Waals surface area contributed by atoms with Crippen molar-refractivity contribution >= 4 is 10.1 Å². The average Bonchev–Trinajstić information content (AvgIpc) is 2.35. The molecule has 0 radical (unpaired) electrons. The topological polar surface area (TPSA) is 43.4 Å². The lowest BCUT2D eigenvalue weighted by Gasteiger charge is -2.23. The number of hydrogen-bond donors (Lipinski definition) is 0. The first-order valence-corrected chi connectivity index (χ1v) is 7.60. The minimum absolute atomic E-state index is 0.423. The number of fused-ring (bicyclic) bond motifs is 1. The quantitative estimate of drug-likeness (QED) is 0.686. The Kier molecular flexibility index (Phi) is 2.84. The maximum atomic E-state index is 11.2. The van der Waals surface area contributed by atoms with E-state index in [1.807, 2.05) is 6.92 Å². The lowest BCUT2D eigenvalue weighted by Crippen LogP contribution is -2.28.